The summed E-state index contributed by atoms with van der Waals surface area (Å²) >= 11 is 0. The van der Waals surface area contributed by atoms with E-state index in [2.05, 4.69) is 15.5 Å². The molecule has 2 aromatic heterocycles. The summed E-state index contributed by atoms with van der Waals surface area (Å²) < 4.78 is 23.9. The fraction of sp³-hybridized carbons (Fsp3) is 0.412. The third-order valence-electron chi connectivity index (χ3n) is 4.53. The third kappa shape index (κ3) is 2.87. The molecule has 0 aliphatic carbocycles. The van der Waals surface area contributed by atoms with E-state index in [1.807, 2.05) is 0 Å². The molecule has 1 unspecified atom stereocenters. The quantitative estimate of drug-likeness (QED) is 0.710. The second kappa shape index (κ2) is 6.88. The van der Waals surface area contributed by atoms with Gasteiger partial charge in [-0.05, 0) is 29.3 Å². The molecule has 3 heterocycles. The van der Waals surface area contributed by atoms with Crippen LogP contribution >= 0.6 is 0 Å². The Morgan fingerprint density at radius 3 is 2.70 bits per heavy atom. The lowest BCUT2D eigenvalue weighted by Crippen LogP contribution is -2.27. The van der Waals surface area contributed by atoms with Crippen LogP contribution in [0.5, 0.6) is 17.2 Å². The molecular formula is C17H19N5O5. The van der Waals surface area contributed by atoms with Gasteiger partial charge in [0.15, 0.2) is 23.4 Å². The smallest absolute Gasteiger partial charge is 0.256 e. The summed E-state index contributed by atoms with van der Waals surface area (Å²) in [6.45, 7) is 0.598. The molecule has 3 aromatic rings. The number of nitrogens with two attached hydrogens (primary N) is 1. The molecule has 0 radical (unpaired) electrons. The number of ether oxygens (including phenoxy) is 4. The molecule has 1 amide bonds. The van der Waals surface area contributed by atoms with E-state index in [4.69, 9.17) is 24.7 Å². The maximum Gasteiger partial charge on any atom is 0.256 e. The number of hydrogen-bond acceptors (Lipinski definition) is 8. The molecule has 10 heteroatoms. The number of amides is 1. The van der Waals surface area contributed by atoms with E-state index in [1.165, 1.54) is 18.7 Å². The standard InChI is InChI=1S/C17H19N5O5/c1-24-11-7-9-10(8-12(11)25-2)22-17(19-20-21-22)14(16(18)23)15(9)27-13-5-3-4-6-26-13/h7-8,13H,3-6H2,1-2H3,(H2,18,23). The highest BCUT2D eigenvalue weighted by Gasteiger charge is 2.27. The molecule has 1 saturated heterocycles. The normalized spacial score (nSPS) is 17.2. The molecule has 142 valence electrons. The third-order valence-corrected chi connectivity index (χ3v) is 4.53. The van der Waals surface area contributed by atoms with E-state index in [1.54, 1.807) is 12.1 Å². The Labute approximate surface area is 154 Å². The van der Waals surface area contributed by atoms with Gasteiger partial charge in [0.25, 0.3) is 5.91 Å². The van der Waals surface area contributed by atoms with E-state index in [0.717, 1.165) is 12.8 Å². The number of carbonyl (C=O) groups excluding carboxylic acids is 1. The van der Waals surface area contributed by atoms with E-state index >= 15 is 0 Å². The van der Waals surface area contributed by atoms with Crippen molar-refractivity contribution >= 4 is 22.5 Å². The van der Waals surface area contributed by atoms with E-state index in [9.17, 15) is 4.79 Å². The topological polar surface area (TPSA) is 123 Å². The summed E-state index contributed by atoms with van der Waals surface area (Å²) in [7, 11) is 3.06. The highest BCUT2D eigenvalue weighted by molar-refractivity contribution is 6.07. The predicted molar refractivity (Wildman–Crippen MR) is 94.1 cm³/mol. The van der Waals surface area contributed by atoms with Gasteiger partial charge in [0.2, 0.25) is 0 Å². The molecule has 0 saturated carbocycles. The first kappa shape index (κ1) is 17.3. The Hall–Kier alpha value is -3.14. The van der Waals surface area contributed by atoms with Crippen LogP contribution in [-0.2, 0) is 4.74 Å². The zero-order valence-corrected chi connectivity index (χ0v) is 15.0. The van der Waals surface area contributed by atoms with Gasteiger partial charge < -0.3 is 24.7 Å². The zero-order chi connectivity index (χ0) is 19.0. The number of pyridine rings is 1. The van der Waals surface area contributed by atoms with E-state index in [0.29, 0.717) is 35.4 Å². The maximum atomic E-state index is 12.2. The molecule has 1 atom stereocenters. The molecule has 1 aliphatic rings. The molecule has 0 bridgehead atoms. The fourth-order valence-electron chi connectivity index (χ4n) is 3.25. The molecule has 27 heavy (non-hydrogen) atoms. The van der Waals surface area contributed by atoms with Crippen molar-refractivity contribution in [2.45, 2.75) is 25.6 Å². The predicted octanol–water partition coefficient (Wildman–Crippen LogP) is 1.30. The molecule has 1 aliphatic heterocycles. The van der Waals surface area contributed by atoms with Gasteiger partial charge in [-0.2, -0.15) is 4.52 Å². The Bertz CT molecular complexity index is 1010. The van der Waals surface area contributed by atoms with Crippen LogP contribution in [0.3, 0.4) is 0 Å². The van der Waals surface area contributed by atoms with Crippen molar-refractivity contribution in [3.63, 3.8) is 0 Å². The number of aromatic nitrogens is 4. The van der Waals surface area contributed by atoms with Gasteiger partial charge in [-0.1, -0.05) is 0 Å². The van der Waals surface area contributed by atoms with Gasteiger partial charge >= 0.3 is 0 Å². The summed E-state index contributed by atoms with van der Waals surface area (Å²) in [5.74, 6) is 0.542. The summed E-state index contributed by atoms with van der Waals surface area (Å²) in [6.07, 6.45) is 2.18. The SMILES string of the molecule is COc1cc2c(OC3CCCCO3)c(C(N)=O)c3nnnn3c2cc1OC. The highest BCUT2D eigenvalue weighted by atomic mass is 16.7. The molecule has 1 aromatic carbocycles. The summed E-state index contributed by atoms with van der Waals surface area (Å²) in [5.41, 5.74) is 6.52. The average molecular weight is 373 g/mol. The molecule has 4 rings (SSSR count). The number of primary amides is 1. The summed E-state index contributed by atoms with van der Waals surface area (Å²) in [6, 6.07) is 3.43. The second-order valence-corrected chi connectivity index (χ2v) is 6.12. The van der Waals surface area contributed by atoms with Crippen molar-refractivity contribution in [1.29, 1.82) is 0 Å². The van der Waals surface area contributed by atoms with Gasteiger partial charge in [0.1, 0.15) is 11.3 Å². The van der Waals surface area contributed by atoms with E-state index < -0.39 is 12.2 Å². The fourth-order valence-corrected chi connectivity index (χ4v) is 3.25. The van der Waals surface area contributed by atoms with Crippen molar-refractivity contribution in [1.82, 2.24) is 20.0 Å². The molecule has 1 fully saturated rings. The Balaban J connectivity index is 2.02. The Morgan fingerprint density at radius 2 is 2.04 bits per heavy atom. The van der Waals surface area contributed by atoms with Crippen LogP contribution in [0, 0.1) is 0 Å². The van der Waals surface area contributed by atoms with Crippen LogP contribution in [0.15, 0.2) is 12.1 Å². The first-order valence-electron chi connectivity index (χ1n) is 8.52. The highest BCUT2D eigenvalue weighted by Crippen LogP contribution is 2.40. The maximum absolute atomic E-state index is 12.2. The van der Waals surface area contributed by atoms with Crippen molar-refractivity contribution in [2.75, 3.05) is 20.8 Å². The van der Waals surface area contributed by atoms with Gasteiger partial charge in [-0.25, -0.2) is 0 Å². The number of benzene rings is 1. The van der Waals surface area contributed by atoms with Crippen LogP contribution in [0.2, 0.25) is 0 Å². The number of fused-ring (bicyclic) bond motifs is 3. The molecule has 0 spiro atoms. The summed E-state index contributed by atoms with van der Waals surface area (Å²) in [5, 5.41) is 12.2. The number of hydrogen-bond donors (Lipinski definition) is 1. The minimum atomic E-state index is -0.697. The first-order valence-corrected chi connectivity index (χ1v) is 8.52. The summed E-state index contributed by atoms with van der Waals surface area (Å²) in [4.78, 5) is 12.2. The van der Waals surface area contributed by atoms with Gasteiger partial charge in [0.05, 0.1) is 26.3 Å². The second-order valence-electron chi connectivity index (χ2n) is 6.12. The van der Waals surface area contributed by atoms with E-state index in [-0.39, 0.29) is 17.0 Å². The minimum absolute atomic E-state index is 0.0916. The molecule has 10 nitrogen and oxygen atoms in total. The number of rotatable bonds is 5. The lowest BCUT2D eigenvalue weighted by Gasteiger charge is -2.25. The number of carbonyl (C=O) groups is 1. The molecular weight excluding hydrogens is 354 g/mol. The van der Waals surface area contributed by atoms with Gasteiger partial charge in [-0.3, -0.25) is 4.79 Å². The van der Waals surface area contributed by atoms with Crippen molar-refractivity contribution < 1.29 is 23.7 Å². The van der Waals surface area contributed by atoms with Gasteiger partial charge in [0, 0.05) is 17.9 Å². The average Bonchev–Trinajstić information content (AvgIpc) is 3.17. The van der Waals surface area contributed by atoms with Crippen LogP contribution in [0.1, 0.15) is 29.6 Å². The van der Waals surface area contributed by atoms with Crippen LogP contribution in [0.4, 0.5) is 0 Å². The van der Waals surface area contributed by atoms with Crippen LogP contribution in [-0.4, -0.2) is 53.1 Å². The van der Waals surface area contributed by atoms with Gasteiger partial charge in [-0.15, -0.1) is 5.10 Å². The lowest BCUT2D eigenvalue weighted by atomic mass is 10.1. The Morgan fingerprint density at radius 1 is 1.26 bits per heavy atom. The van der Waals surface area contributed by atoms with Crippen molar-refractivity contribution in [3.8, 4) is 17.2 Å². The van der Waals surface area contributed by atoms with Crippen molar-refractivity contribution in [2.24, 2.45) is 5.73 Å². The Kier molecular flexibility index (Phi) is 4.40. The minimum Gasteiger partial charge on any atom is -0.493 e. The zero-order valence-electron chi connectivity index (χ0n) is 15.0. The number of nitrogens with zero attached hydrogens (tertiary/aromatic N) is 4. The number of tetrazole rings is 1. The molecule has 2 N–H and O–H groups in total. The largest absolute Gasteiger partial charge is 0.493 e. The number of methoxy groups -OCH3 is 2. The first-order chi connectivity index (χ1) is 13.1. The van der Waals surface area contributed by atoms with Crippen molar-refractivity contribution in [3.05, 3.63) is 17.7 Å². The lowest BCUT2D eigenvalue weighted by molar-refractivity contribution is -0.105. The van der Waals surface area contributed by atoms with Crippen LogP contribution in [0.25, 0.3) is 16.6 Å². The van der Waals surface area contributed by atoms with Crippen LogP contribution < -0.4 is 19.9 Å². The monoisotopic (exact) mass is 373 g/mol.